The van der Waals surface area contributed by atoms with Gasteiger partial charge in [-0.1, -0.05) is 0 Å². The quantitative estimate of drug-likeness (QED) is 0.374. The van der Waals surface area contributed by atoms with Gasteiger partial charge in [-0.25, -0.2) is 19.9 Å². The number of imide groups is 1. The van der Waals surface area contributed by atoms with Crippen molar-refractivity contribution in [3.8, 4) is 17.0 Å². The van der Waals surface area contributed by atoms with E-state index in [-0.39, 0.29) is 5.24 Å². The molecule has 208 valence electrons. The molecule has 0 saturated carbocycles. The number of hydrogen-bond donors (Lipinski definition) is 2. The zero-order valence-electron chi connectivity index (χ0n) is 22.8. The number of nitrogens with one attached hydrogen (secondary N) is 2. The van der Waals surface area contributed by atoms with Gasteiger partial charge in [-0.15, -0.1) is 0 Å². The summed E-state index contributed by atoms with van der Waals surface area (Å²) in [6.45, 7) is 3.16. The molecule has 0 aliphatic carbocycles. The molecule has 2 saturated heterocycles. The lowest BCUT2D eigenvalue weighted by atomic mass is 9.97. The molecule has 2 aliphatic rings. The molecule has 0 radical (unpaired) electrons. The minimum Gasteiger partial charge on any atom is -0.495 e. The third-order valence-corrected chi connectivity index (χ3v) is 7.67. The number of carbonyl (C=O) groups is 2. The lowest BCUT2D eigenvalue weighted by Crippen LogP contribution is -2.38. The molecule has 5 rings (SSSR count). The van der Waals surface area contributed by atoms with Crippen LogP contribution in [0.4, 0.5) is 16.6 Å². The summed E-state index contributed by atoms with van der Waals surface area (Å²) in [6.07, 6.45) is 7.16. The minimum absolute atomic E-state index is 0.343. The van der Waals surface area contributed by atoms with E-state index in [0.29, 0.717) is 29.0 Å². The number of amides is 2. The van der Waals surface area contributed by atoms with Crippen LogP contribution in [0.25, 0.3) is 17.3 Å². The number of ether oxygens (including phenoxy) is 1. The van der Waals surface area contributed by atoms with Gasteiger partial charge in [0.15, 0.2) is 0 Å². The fourth-order valence-corrected chi connectivity index (χ4v) is 5.31. The van der Waals surface area contributed by atoms with E-state index in [4.69, 9.17) is 9.72 Å². The molecule has 2 N–H and O–H groups in total. The predicted molar refractivity (Wildman–Crippen MR) is 156 cm³/mol. The Labute approximate surface area is 237 Å². The van der Waals surface area contributed by atoms with Crippen LogP contribution in [0.3, 0.4) is 0 Å². The molecule has 2 aliphatic heterocycles. The topological polar surface area (TPSA) is 125 Å². The van der Waals surface area contributed by atoms with Gasteiger partial charge in [-0.3, -0.25) is 14.9 Å². The Hall–Kier alpha value is -4.03. The molecular formula is C28H32N8O3S. The van der Waals surface area contributed by atoms with E-state index in [1.807, 2.05) is 49.5 Å². The monoisotopic (exact) mass is 560 g/mol. The van der Waals surface area contributed by atoms with Crippen LogP contribution in [0.15, 0.2) is 47.6 Å². The van der Waals surface area contributed by atoms with Crippen molar-refractivity contribution in [3.63, 3.8) is 0 Å². The molecule has 3 aromatic rings. The highest BCUT2D eigenvalue weighted by Crippen LogP contribution is 2.27. The van der Waals surface area contributed by atoms with Crippen molar-refractivity contribution >= 4 is 40.8 Å². The maximum Gasteiger partial charge on any atom is 0.290 e. The van der Waals surface area contributed by atoms with Crippen LogP contribution in [0, 0.1) is 5.92 Å². The van der Waals surface area contributed by atoms with Crippen LogP contribution in [0.2, 0.25) is 0 Å². The molecule has 40 heavy (non-hydrogen) atoms. The van der Waals surface area contributed by atoms with E-state index in [9.17, 15) is 9.59 Å². The summed E-state index contributed by atoms with van der Waals surface area (Å²) in [5.41, 5.74) is 3.29. The van der Waals surface area contributed by atoms with Crippen LogP contribution >= 0.6 is 11.8 Å². The molecule has 5 heterocycles. The smallest absolute Gasteiger partial charge is 0.290 e. The number of piperidine rings is 1. The molecule has 0 atom stereocenters. The number of thioether (sulfide) groups is 1. The summed E-state index contributed by atoms with van der Waals surface area (Å²) in [5.74, 6) is 2.42. The van der Waals surface area contributed by atoms with E-state index in [0.717, 1.165) is 72.8 Å². The fourth-order valence-electron chi connectivity index (χ4n) is 4.65. The van der Waals surface area contributed by atoms with Crippen molar-refractivity contribution in [1.29, 1.82) is 0 Å². The van der Waals surface area contributed by atoms with Crippen molar-refractivity contribution in [1.82, 2.24) is 30.6 Å². The molecule has 3 aromatic heterocycles. The standard InChI is InChI=1S/C28H32N8O3S/c1-35(2)25-7-4-19(16-31-25)21-5-6-23(39-3)22(33-21)17-29-15-18-9-12-36(13-10-18)27-30-11-8-20(32-27)14-24-26(37)34-28(38)40-24/h4-8,11,14,16,18,29H,9-10,12-13,15,17H2,1-3H3,(H,34,37,38). The average molecular weight is 561 g/mol. The number of carbonyl (C=O) groups excluding carboxylic acids is 2. The Morgan fingerprint density at radius 1 is 1.12 bits per heavy atom. The SMILES string of the molecule is COc1ccc(-c2ccc(N(C)C)nc2)nc1CNCC1CCN(c2nccc(C=C3SC(=O)NC3=O)n2)CC1. The Bertz CT molecular complexity index is 1400. The van der Waals surface area contributed by atoms with E-state index in [2.05, 4.69) is 30.5 Å². The lowest BCUT2D eigenvalue weighted by molar-refractivity contribution is -0.115. The first-order valence-corrected chi connectivity index (χ1v) is 13.9. The lowest BCUT2D eigenvalue weighted by Gasteiger charge is -2.32. The third kappa shape index (κ3) is 6.57. The molecule has 0 spiro atoms. The number of nitrogens with zero attached hydrogens (tertiary/aromatic N) is 6. The van der Waals surface area contributed by atoms with Crippen LogP contribution < -0.4 is 25.2 Å². The van der Waals surface area contributed by atoms with Crippen molar-refractivity contribution in [2.45, 2.75) is 19.4 Å². The van der Waals surface area contributed by atoms with Crippen molar-refractivity contribution in [2.75, 3.05) is 50.6 Å². The van der Waals surface area contributed by atoms with Crippen molar-refractivity contribution in [3.05, 3.63) is 59.0 Å². The van der Waals surface area contributed by atoms with Crippen molar-refractivity contribution in [2.24, 2.45) is 5.92 Å². The third-order valence-electron chi connectivity index (χ3n) is 6.86. The first-order chi connectivity index (χ1) is 19.4. The van der Waals surface area contributed by atoms with Crippen LogP contribution in [0.1, 0.15) is 24.2 Å². The summed E-state index contributed by atoms with van der Waals surface area (Å²) in [7, 11) is 5.60. The molecule has 2 fully saturated rings. The van der Waals surface area contributed by atoms with Gasteiger partial charge in [0.05, 0.1) is 29.1 Å². The maximum atomic E-state index is 11.8. The van der Waals surface area contributed by atoms with Crippen molar-refractivity contribution < 1.29 is 14.3 Å². The highest BCUT2D eigenvalue weighted by molar-refractivity contribution is 8.18. The second-order valence-electron chi connectivity index (χ2n) is 9.84. The zero-order valence-corrected chi connectivity index (χ0v) is 23.6. The van der Waals surface area contributed by atoms with Gasteiger partial charge in [-0.2, -0.15) is 0 Å². The Morgan fingerprint density at radius 3 is 2.62 bits per heavy atom. The maximum absolute atomic E-state index is 11.8. The van der Waals surface area contributed by atoms with Gasteiger partial charge < -0.3 is 19.9 Å². The predicted octanol–water partition coefficient (Wildman–Crippen LogP) is 3.34. The van der Waals surface area contributed by atoms with Gasteiger partial charge in [0, 0.05) is 51.7 Å². The second-order valence-corrected chi connectivity index (χ2v) is 10.9. The number of anilines is 2. The van der Waals surface area contributed by atoms with E-state index >= 15 is 0 Å². The number of hydrogen-bond acceptors (Lipinski definition) is 11. The first-order valence-electron chi connectivity index (χ1n) is 13.1. The molecule has 11 nitrogen and oxygen atoms in total. The summed E-state index contributed by atoms with van der Waals surface area (Å²) in [4.78, 5) is 46.1. The Balaban J connectivity index is 1.14. The normalized spacial score (nSPS) is 16.9. The fraction of sp³-hybridized carbons (Fsp3) is 0.357. The minimum atomic E-state index is -0.390. The van der Waals surface area contributed by atoms with Crippen LogP contribution in [0.5, 0.6) is 5.75 Å². The summed E-state index contributed by atoms with van der Waals surface area (Å²) >= 11 is 0.883. The molecule has 0 bridgehead atoms. The summed E-state index contributed by atoms with van der Waals surface area (Å²) < 4.78 is 5.57. The van der Waals surface area contributed by atoms with Gasteiger partial charge in [0.2, 0.25) is 5.95 Å². The number of methoxy groups -OCH3 is 1. The van der Waals surface area contributed by atoms with Crippen LogP contribution in [-0.4, -0.2) is 71.9 Å². The number of rotatable bonds is 9. The van der Waals surface area contributed by atoms with E-state index in [1.54, 1.807) is 25.4 Å². The Kier molecular flexibility index (Phi) is 8.56. The molecule has 0 unspecified atom stereocenters. The van der Waals surface area contributed by atoms with E-state index < -0.39 is 5.91 Å². The highest BCUT2D eigenvalue weighted by atomic mass is 32.2. The van der Waals surface area contributed by atoms with Gasteiger partial charge in [-0.05, 0) is 73.5 Å². The summed E-state index contributed by atoms with van der Waals surface area (Å²) in [5, 5.41) is 5.47. The van der Waals surface area contributed by atoms with Crippen LogP contribution in [-0.2, 0) is 11.3 Å². The largest absolute Gasteiger partial charge is 0.495 e. The zero-order chi connectivity index (χ0) is 28.1. The summed E-state index contributed by atoms with van der Waals surface area (Å²) in [6, 6.07) is 9.66. The highest BCUT2D eigenvalue weighted by Gasteiger charge is 2.26. The molecule has 12 heteroatoms. The number of pyridine rings is 2. The molecule has 0 aromatic carbocycles. The van der Waals surface area contributed by atoms with E-state index in [1.165, 1.54) is 0 Å². The molecule has 2 amide bonds. The molecular weight excluding hydrogens is 528 g/mol. The Morgan fingerprint density at radius 2 is 1.95 bits per heavy atom. The van der Waals surface area contributed by atoms with Gasteiger partial charge in [0.1, 0.15) is 11.6 Å². The second kappa shape index (κ2) is 12.4. The number of aromatic nitrogens is 4. The average Bonchev–Trinajstić information content (AvgIpc) is 3.29. The van der Waals surface area contributed by atoms with Gasteiger partial charge >= 0.3 is 0 Å². The van der Waals surface area contributed by atoms with Gasteiger partial charge in [0.25, 0.3) is 11.1 Å². The first kappa shape index (κ1) is 27.5.